The summed E-state index contributed by atoms with van der Waals surface area (Å²) in [6.45, 7) is 2.15. The lowest BCUT2D eigenvalue weighted by molar-refractivity contribution is 0.102. The highest BCUT2D eigenvalue weighted by molar-refractivity contribution is 6.31. The Morgan fingerprint density at radius 3 is 2.50 bits per heavy atom. The number of aromatic nitrogens is 2. The third-order valence-corrected chi connectivity index (χ3v) is 5.23. The molecule has 0 saturated heterocycles. The van der Waals surface area contributed by atoms with Crippen LogP contribution in [-0.2, 0) is 6.54 Å². The molecule has 1 heterocycles. The number of rotatable bonds is 4. The lowest BCUT2D eigenvalue weighted by Gasteiger charge is -2.12. The Labute approximate surface area is 182 Å². The molecule has 0 atom stereocenters. The van der Waals surface area contributed by atoms with E-state index in [-0.39, 0.29) is 11.5 Å². The Bertz CT molecular complexity index is 1310. The molecule has 5 nitrogen and oxygen atoms in total. The maximum atomic E-state index is 13.1. The van der Waals surface area contributed by atoms with E-state index in [1.54, 1.807) is 60.0 Å². The van der Waals surface area contributed by atoms with E-state index in [0.29, 0.717) is 44.6 Å². The maximum absolute atomic E-state index is 13.1. The van der Waals surface area contributed by atoms with Crippen molar-refractivity contribution in [2.75, 3.05) is 5.32 Å². The van der Waals surface area contributed by atoms with Crippen molar-refractivity contribution >= 4 is 45.7 Å². The lowest BCUT2D eigenvalue weighted by atomic mass is 10.1. The molecule has 4 rings (SSSR count). The predicted octanol–water partition coefficient (Wildman–Crippen LogP) is 5.31. The molecule has 150 valence electrons. The molecule has 7 heteroatoms. The number of benzene rings is 3. The fourth-order valence-electron chi connectivity index (χ4n) is 3.22. The number of hydrogen-bond donors (Lipinski definition) is 1. The third-order valence-electron chi connectivity index (χ3n) is 4.74. The van der Waals surface area contributed by atoms with Crippen LogP contribution in [-0.4, -0.2) is 15.5 Å². The average molecular weight is 438 g/mol. The number of carbonyl (C=O) groups is 1. The van der Waals surface area contributed by atoms with E-state index in [1.165, 1.54) is 0 Å². The van der Waals surface area contributed by atoms with Gasteiger partial charge in [0.05, 0.1) is 17.4 Å². The quantitative estimate of drug-likeness (QED) is 0.470. The van der Waals surface area contributed by atoms with Gasteiger partial charge >= 0.3 is 0 Å². The van der Waals surface area contributed by atoms with Crippen LogP contribution in [0.5, 0.6) is 0 Å². The predicted molar refractivity (Wildman–Crippen MR) is 121 cm³/mol. The molecular formula is C23H17Cl2N3O2. The molecule has 0 aliphatic heterocycles. The van der Waals surface area contributed by atoms with Gasteiger partial charge < -0.3 is 5.32 Å². The van der Waals surface area contributed by atoms with Crippen LogP contribution in [0.2, 0.25) is 10.0 Å². The fourth-order valence-corrected chi connectivity index (χ4v) is 3.56. The van der Waals surface area contributed by atoms with Crippen molar-refractivity contribution in [3.05, 3.63) is 104 Å². The van der Waals surface area contributed by atoms with Gasteiger partial charge in [-0.05, 0) is 67.1 Å². The molecule has 0 radical (unpaired) electrons. The van der Waals surface area contributed by atoms with Gasteiger partial charge in [0.1, 0.15) is 5.82 Å². The largest absolute Gasteiger partial charge is 0.322 e. The zero-order chi connectivity index (χ0) is 21.3. The van der Waals surface area contributed by atoms with Crippen molar-refractivity contribution in [3.8, 4) is 0 Å². The number of hydrogen-bond acceptors (Lipinski definition) is 3. The van der Waals surface area contributed by atoms with E-state index in [9.17, 15) is 9.59 Å². The van der Waals surface area contributed by atoms with E-state index in [1.807, 2.05) is 18.2 Å². The highest BCUT2D eigenvalue weighted by atomic mass is 35.5. The van der Waals surface area contributed by atoms with Gasteiger partial charge in [-0.15, -0.1) is 0 Å². The molecule has 0 saturated carbocycles. The topological polar surface area (TPSA) is 64.0 Å². The summed E-state index contributed by atoms with van der Waals surface area (Å²) in [5.41, 5.74) is 2.28. The summed E-state index contributed by atoms with van der Waals surface area (Å²) in [5.74, 6) is 0.316. The maximum Gasteiger partial charge on any atom is 0.261 e. The molecule has 1 N–H and O–H groups in total. The van der Waals surface area contributed by atoms with E-state index >= 15 is 0 Å². The normalized spacial score (nSPS) is 10.9. The van der Waals surface area contributed by atoms with Gasteiger partial charge in [0.2, 0.25) is 0 Å². The summed E-state index contributed by atoms with van der Waals surface area (Å²) in [6.07, 6.45) is 0. The van der Waals surface area contributed by atoms with Crippen LogP contribution in [0.15, 0.2) is 71.5 Å². The number of halogens is 2. The molecule has 3 aromatic carbocycles. The Kier molecular flexibility index (Phi) is 5.57. The van der Waals surface area contributed by atoms with Crippen molar-refractivity contribution in [1.82, 2.24) is 9.55 Å². The van der Waals surface area contributed by atoms with E-state index in [4.69, 9.17) is 23.2 Å². The molecule has 0 spiro atoms. The molecular weight excluding hydrogens is 421 g/mol. The van der Waals surface area contributed by atoms with Crippen molar-refractivity contribution in [1.29, 1.82) is 0 Å². The molecule has 0 aliphatic rings. The Balaban J connectivity index is 1.68. The van der Waals surface area contributed by atoms with Crippen LogP contribution >= 0.6 is 23.2 Å². The minimum Gasteiger partial charge on any atom is -0.322 e. The van der Waals surface area contributed by atoms with Gasteiger partial charge in [0, 0.05) is 21.3 Å². The Morgan fingerprint density at radius 1 is 1.00 bits per heavy atom. The van der Waals surface area contributed by atoms with Crippen molar-refractivity contribution in [3.63, 3.8) is 0 Å². The van der Waals surface area contributed by atoms with Gasteiger partial charge in [-0.2, -0.15) is 0 Å². The Hall–Kier alpha value is -3.15. The number of carbonyl (C=O) groups excluding carboxylic acids is 1. The van der Waals surface area contributed by atoms with Crippen molar-refractivity contribution in [2.45, 2.75) is 13.5 Å². The molecule has 0 fully saturated rings. The highest BCUT2D eigenvalue weighted by Gasteiger charge is 2.12. The van der Waals surface area contributed by atoms with Crippen LogP contribution in [0, 0.1) is 6.92 Å². The van der Waals surface area contributed by atoms with Gasteiger partial charge in [0.25, 0.3) is 11.5 Å². The number of fused-ring (bicyclic) bond motifs is 1. The summed E-state index contributed by atoms with van der Waals surface area (Å²) in [6, 6.07) is 19.0. The fraction of sp³-hybridized carbons (Fsp3) is 0.0870. The number of amides is 1. The second-order valence-electron chi connectivity index (χ2n) is 6.87. The van der Waals surface area contributed by atoms with Crippen LogP contribution in [0.25, 0.3) is 10.9 Å². The summed E-state index contributed by atoms with van der Waals surface area (Å²) in [4.78, 5) is 30.2. The number of nitrogens with one attached hydrogen (secondary N) is 1. The van der Waals surface area contributed by atoms with Gasteiger partial charge in [-0.3, -0.25) is 14.2 Å². The summed E-state index contributed by atoms with van der Waals surface area (Å²) >= 11 is 11.9. The number of anilines is 1. The summed E-state index contributed by atoms with van der Waals surface area (Å²) in [5, 5.41) is 4.41. The second-order valence-corrected chi connectivity index (χ2v) is 7.75. The summed E-state index contributed by atoms with van der Waals surface area (Å²) < 4.78 is 1.60. The first-order valence-electron chi connectivity index (χ1n) is 9.23. The third kappa shape index (κ3) is 4.22. The minimum absolute atomic E-state index is 0.180. The smallest absolute Gasteiger partial charge is 0.261 e. The zero-order valence-electron chi connectivity index (χ0n) is 16.0. The van der Waals surface area contributed by atoms with Crippen molar-refractivity contribution < 1.29 is 4.79 Å². The van der Waals surface area contributed by atoms with Crippen LogP contribution < -0.4 is 10.9 Å². The monoisotopic (exact) mass is 437 g/mol. The van der Waals surface area contributed by atoms with Crippen LogP contribution in [0.4, 0.5) is 5.69 Å². The SMILES string of the molecule is Cc1nc2ccc(NC(=O)c3ccc(Cl)cc3)cc2c(=O)n1Cc1cccc(Cl)c1. The average Bonchev–Trinajstić information content (AvgIpc) is 2.72. The van der Waals surface area contributed by atoms with Crippen molar-refractivity contribution in [2.24, 2.45) is 0 Å². The Morgan fingerprint density at radius 2 is 1.77 bits per heavy atom. The second kappa shape index (κ2) is 8.30. The van der Waals surface area contributed by atoms with Gasteiger partial charge in [0.15, 0.2) is 0 Å². The molecule has 0 unspecified atom stereocenters. The first kappa shape index (κ1) is 20.1. The van der Waals surface area contributed by atoms with Gasteiger partial charge in [-0.25, -0.2) is 4.98 Å². The molecule has 0 bridgehead atoms. The minimum atomic E-state index is -0.287. The van der Waals surface area contributed by atoms with E-state index in [0.717, 1.165) is 5.56 Å². The first-order chi connectivity index (χ1) is 14.4. The number of nitrogens with zero attached hydrogens (tertiary/aromatic N) is 2. The number of aryl methyl sites for hydroxylation is 1. The van der Waals surface area contributed by atoms with E-state index in [2.05, 4.69) is 10.3 Å². The lowest BCUT2D eigenvalue weighted by Crippen LogP contribution is -2.24. The first-order valence-corrected chi connectivity index (χ1v) is 9.99. The molecule has 30 heavy (non-hydrogen) atoms. The summed E-state index contributed by atoms with van der Waals surface area (Å²) in [7, 11) is 0. The molecule has 4 aromatic rings. The standard InChI is InChI=1S/C23H17Cl2N3O2/c1-14-26-21-10-9-19(27-22(29)16-5-7-17(24)8-6-16)12-20(21)23(30)28(14)13-15-3-2-4-18(25)11-15/h2-12H,13H2,1H3,(H,27,29). The molecule has 0 aliphatic carbocycles. The van der Waals surface area contributed by atoms with Crippen LogP contribution in [0.1, 0.15) is 21.7 Å². The van der Waals surface area contributed by atoms with Gasteiger partial charge in [-0.1, -0.05) is 35.3 Å². The highest BCUT2D eigenvalue weighted by Crippen LogP contribution is 2.18. The van der Waals surface area contributed by atoms with E-state index < -0.39 is 0 Å². The van der Waals surface area contributed by atoms with Crippen LogP contribution in [0.3, 0.4) is 0 Å². The molecule has 1 amide bonds. The zero-order valence-corrected chi connectivity index (χ0v) is 17.5. The molecule has 1 aromatic heterocycles.